The average Bonchev–Trinajstić information content (AvgIpc) is 3.06. The number of nitrogen functional groups attached to an aromatic ring is 1. The van der Waals surface area contributed by atoms with E-state index < -0.39 is 32.3 Å². The maximum absolute atomic E-state index is 13.6. The van der Waals surface area contributed by atoms with E-state index in [4.69, 9.17) is 24.3 Å². The number of aliphatic hydroxyl groups excluding tert-OH is 1. The number of nitrogens with two attached hydrogens (primary N) is 1. The summed E-state index contributed by atoms with van der Waals surface area (Å²) in [5.74, 6) is 0.103. The van der Waals surface area contributed by atoms with Crippen LogP contribution in [-0.2, 0) is 36.2 Å². The van der Waals surface area contributed by atoms with Crippen LogP contribution in [0.4, 0.5) is 5.82 Å². The van der Waals surface area contributed by atoms with E-state index in [0.717, 1.165) is 18.4 Å². The first-order chi connectivity index (χ1) is 22.3. The predicted molar refractivity (Wildman–Crippen MR) is 185 cm³/mol. The Balaban J connectivity index is 1.65. The van der Waals surface area contributed by atoms with Crippen LogP contribution >= 0.6 is 7.60 Å². The van der Waals surface area contributed by atoms with Crippen molar-refractivity contribution in [2.75, 3.05) is 31.9 Å². The van der Waals surface area contributed by atoms with E-state index in [1.165, 1.54) is 100 Å². The first kappa shape index (κ1) is 40.1. The maximum Gasteiger partial charge on any atom is 0.356 e. The second-order valence-corrected chi connectivity index (χ2v) is 14.2. The highest BCUT2D eigenvalue weighted by molar-refractivity contribution is 7.53. The molecule has 0 aliphatic carbocycles. The third kappa shape index (κ3) is 18.9. The van der Waals surface area contributed by atoms with Gasteiger partial charge in [-0.15, -0.1) is 0 Å². The number of aliphatic hydroxyl groups is 1. The Bertz CT molecular complexity index is 1130. The van der Waals surface area contributed by atoms with Gasteiger partial charge < -0.3 is 29.4 Å². The van der Waals surface area contributed by atoms with Crippen molar-refractivity contribution in [2.24, 2.45) is 0 Å². The molecule has 262 valence electrons. The summed E-state index contributed by atoms with van der Waals surface area (Å²) >= 11 is 0. The van der Waals surface area contributed by atoms with E-state index in [9.17, 15) is 14.5 Å². The van der Waals surface area contributed by atoms with Gasteiger partial charge in [0, 0.05) is 6.20 Å². The van der Waals surface area contributed by atoms with Crippen LogP contribution in [0.2, 0.25) is 0 Å². The fourth-order valence-corrected chi connectivity index (χ4v) is 6.47. The summed E-state index contributed by atoms with van der Waals surface area (Å²) in [5.41, 5.74) is 5.82. The lowest BCUT2D eigenvalue weighted by molar-refractivity contribution is 0.00663. The molecule has 2 rings (SSSR count). The molecule has 2 unspecified atom stereocenters. The van der Waals surface area contributed by atoms with Gasteiger partial charge in [0.1, 0.15) is 12.2 Å². The molecule has 11 heteroatoms. The van der Waals surface area contributed by atoms with E-state index in [-0.39, 0.29) is 38.3 Å². The Morgan fingerprint density at radius 3 is 2.04 bits per heavy atom. The molecule has 0 radical (unpaired) electrons. The van der Waals surface area contributed by atoms with Crippen molar-refractivity contribution in [3.05, 3.63) is 58.6 Å². The fraction of sp³-hybridized carbons (Fsp3) is 0.714. The molecule has 0 aliphatic heterocycles. The van der Waals surface area contributed by atoms with E-state index in [0.29, 0.717) is 0 Å². The zero-order chi connectivity index (χ0) is 33.3. The van der Waals surface area contributed by atoms with Gasteiger partial charge in [-0.1, -0.05) is 127 Å². The number of anilines is 1. The molecular weight excluding hydrogens is 605 g/mol. The fourth-order valence-electron chi connectivity index (χ4n) is 5.15. The molecule has 0 saturated carbocycles. The highest BCUT2D eigenvalue weighted by Crippen LogP contribution is 2.49. The number of nitrogens with zero attached hydrogens (tertiary/aromatic N) is 2. The van der Waals surface area contributed by atoms with Crippen LogP contribution in [0, 0.1) is 0 Å². The van der Waals surface area contributed by atoms with Crippen molar-refractivity contribution in [2.45, 2.75) is 136 Å². The molecule has 3 N–H and O–H groups in total. The number of ether oxygens (including phenoxy) is 2. The summed E-state index contributed by atoms with van der Waals surface area (Å²) in [5, 5.41) is 9.83. The minimum atomic E-state index is -3.72. The molecule has 0 amide bonds. The van der Waals surface area contributed by atoms with Crippen LogP contribution in [0.5, 0.6) is 0 Å². The highest BCUT2D eigenvalue weighted by atomic mass is 31.2. The number of aromatic nitrogens is 2. The van der Waals surface area contributed by atoms with Crippen molar-refractivity contribution >= 4 is 13.4 Å². The number of hydrogen-bond acceptors (Lipinski definition) is 9. The minimum Gasteiger partial charge on any atom is -0.394 e. The molecule has 3 atom stereocenters. The first-order valence-electron chi connectivity index (χ1n) is 17.4. The number of hydrogen-bond donors (Lipinski definition) is 2. The van der Waals surface area contributed by atoms with Crippen LogP contribution in [0.25, 0.3) is 0 Å². The summed E-state index contributed by atoms with van der Waals surface area (Å²) in [7, 11) is -3.72. The van der Waals surface area contributed by atoms with Crippen LogP contribution in [0.15, 0.2) is 47.4 Å². The lowest BCUT2D eigenvalue weighted by Crippen LogP contribution is -2.32. The van der Waals surface area contributed by atoms with Gasteiger partial charge in [-0.2, -0.15) is 4.98 Å². The Hall–Kier alpha value is -2.07. The van der Waals surface area contributed by atoms with Gasteiger partial charge in [-0.05, 0) is 25.0 Å². The van der Waals surface area contributed by atoms with Crippen molar-refractivity contribution in [1.82, 2.24) is 9.55 Å². The second kappa shape index (κ2) is 25.0. The maximum atomic E-state index is 13.6. The molecule has 2 aromatic rings. The summed E-state index contributed by atoms with van der Waals surface area (Å²) in [6.07, 6.45) is 20.0. The lowest BCUT2D eigenvalue weighted by atomic mass is 10.0. The summed E-state index contributed by atoms with van der Waals surface area (Å²) < 4.78 is 38.0. The van der Waals surface area contributed by atoms with E-state index in [2.05, 4.69) is 18.8 Å². The Kier molecular flexibility index (Phi) is 21.8. The van der Waals surface area contributed by atoms with Crippen molar-refractivity contribution in [3.8, 4) is 0 Å². The smallest absolute Gasteiger partial charge is 0.356 e. The van der Waals surface area contributed by atoms with Gasteiger partial charge in [0.2, 0.25) is 0 Å². The minimum absolute atomic E-state index is 0.00117. The predicted octanol–water partition coefficient (Wildman–Crippen LogP) is 7.86. The molecule has 0 fully saturated rings. The molecule has 0 aliphatic rings. The van der Waals surface area contributed by atoms with Gasteiger partial charge in [0.05, 0.1) is 45.2 Å². The molecule has 10 nitrogen and oxygen atoms in total. The molecule has 1 aromatic carbocycles. The molecule has 0 bridgehead atoms. The summed E-state index contributed by atoms with van der Waals surface area (Å²) in [6, 6.07) is 10.8. The zero-order valence-corrected chi connectivity index (χ0v) is 29.3. The number of benzene rings is 1. The number of rotatable bonds is 29. The highest BCUT2D eigenvalue weighted by Gasteiger charge is 2.28. The van der Waals surface area contributed by atoms with Crippen molar-refractivity contribution in [3.63, 3.8) is 0 Å². The lowest BCUT2D eigenvalue weighted by Gasteiger charge is -2.23. The monoisotopic (exact) mass is 665 g/mol. The Morgan fingerprint density at radius 2 is 1.46 bits per heavy atom. The van der Waals surface area contributed by atoms with Crippen molar-refractivity contribution in [1.29, 1.82) is 0 Å². The van der Waals surface area contributed by atoms with Crippen LogP contribution < -0.4 is 11.4 Å². The van der Waals surface area contributed by atoms with Gasteiger partial charge in [0.25, 0.3) is 0 Å². The SMILES string of the molecule is CCCCCCCCCCCCCCCCC(C)OCCO[P@@](=O)(COC(CO)Cn1ccc(N)nc1=O)OCc1ccccc1. The summed E-state index contributed by atoms with van der Waals surface area (Å²) in [4.78, 5) is 15.8. The normalized spacial score (nSPS) is 14.2. The molecule has 0 saturated heterocycles. The molecule has 1 aromatic heterocycles. The standard InChI is InChI=1S/C35H60N3O7P/c1-3-4-5-6-7-8-9-10-11-12-13-14-15-17-20-31(2)42-25-26-44-46(41,45-29-32-21-18-16-19-22-32)30-43-33(28-39)27-38-24-23-34(36)37-35(38)40/h16,18-19,21-24,31,33,39H,3-15,17,20,25-30H2,1-2H3,(H2,36,37,40)/t31?,33?,46-/m0/s1. The van der Waals surface area contributed by atoms with Crippen LogP contribution in [0.1, 0.15) is 116 Å². The van der Waals surface area contributed by atoms with Crippen LogP contribution in [-0.4, -0.2) is 53.0 Å². The van der Waals surface area contributed by atoms with E-state index in [1.54, 1.807) is 0 Å². The number of unbranched alkanes of at least 4 members (excludes halogenated alkanes) is 13. The van der Waals surface area contributed by atoms with Gasteiger partial charge in [0.15, 0.2) is 0 Å². The van der Waals surface area contributed by atoms with Crippen molar-refractivity contribution < 1.29 is 28.2 Å². The van der Waals surface area contributed by atoms with E-state index >= 15 is 0 Å². The van der Waals surface area contributed by atoms with Gasteiger partial charge >= 0.3 is 13.3 Å². The topological polar surface area (TPSA) is 135 Å². The third-order valence-corrected chi connectivity index (χ3v) is 9.54. The largest absolute Gasteiger partial charge is 0.394 e. The van der Waals surface area contributed by atoms with Gasteiger partial charge in [-0.25, -0.2) is 4.79 Å². The molecule has 1 heterocycles. The third-order valence-electron chi connectivity index (χ3n) is 7.98. The molecule has 46 heavy (non-hydrogen) atoms. The summed E-state index contributed by atoms with van der Waals surface area (Å²) in [6.45, 7) is 4.33. The average molecular weight is 666 g/mol. The second-order valence-electron chi connectivity index (χ2n) is 12.2. The Labute approximate surface area is 276 Å². The zero-order valence-electron chi connectivity index (χ0n) is 28.4. The van der Waals surface area contributed by atoms with Gasteiger partial charge in [-0.3, -0.25) is 9.13 Å². The quantitative estimate of drug-likeness (QED) is 0.0657. The Morgan fingerprint density at radius 1 is 0.848 bits per heavy atom. The molecular formula is C35H60N3O7P. The van der Waals surface area contributed by atoms with E-state index in [1.807, 2.05) is 30.3 Å². The molecule has 0 spiro atoms. The first-order valence-corrected chi connectivity index (χ1v) is 19.2. The van der Waals surface area contributed by atoms with Crippen LogP contribution in [0.3, 0.4) is 0 Å².